The third-order valence-corrected chi connectivity index (χ3v) is 4.39. The van der Waals surface area contributed by atoms with Crippen molar-refractivity contribution in [3.8, 4) is 0 Å². The van der Waals surface area contributed by atoms with Crippen molar-refractivity contribution in [2.45, 2.75) is 45.4 Å². The minimum absolute atomic E-state index is 0.842. The monoisotopic (exact) mass is 280 g/mol. The van der Waals surface area contributed by atoms with Gasteiger partial charge in [0.2, 0.25) is 0 Å². The van der Waals surface area contributed by atoms with Crippen LogP contribution in [0.2, 0.25) is 0 Å². The lowest BCUT2D eigenvalue weighted by atomic mass is 9.78. The Balaban J connectivity index is 1.93. The summed E-state index contributed by atoms with van der Waals surface area (Å²) >= 11 is 3.55. The molecule has 1 aromatic rings. The fraction of sp³-hybridized carbons (Fsp3) is 0.600. The van der Waals surface area contributed by atoms with Gasteiger partial charge in [-0.25, -0.2) is 0 Å². The number of halogens is 1. The van der Waals surface area contributed by atoms with Gasteiger partial charge in [-0.2, -0.15) is 0 Å². The lowest BCUT2D eigenvalue weighted by molar-refractivity contribution is 0.262. The largest absolute Gasteiger partial charge is 0.0619 e. The fourth-order valence-corrected chi connectivity index (χ4v) is 3.35. The van der Waals surface area contributed by atoms with Crippen molar-refractivity contribution in [1.82, 2.24) is 0 Å². The predicted molar refractivity (Wildman–Crippen MR) is 73.6 cm³/mol. The molecule has 1 aliphatic rings. The Morgan fingerprint density at radius 2 is 2.00 bits per heavy atom. The van der Waals surface area contributed by atoms with Gasteiger partial charge in [0.25, 0.3) is 0 Å². The van der Waals surface area contributed by atoms with E-state index in [1.54, 1.807) is 0 Å². The average Bonchev–Trinajstić information content (AvgIpc) is 2.30. The summed E-state index contributed by atoms with van der Waals surface area (Å²) < 4.78 is 1.21. The molecule has 1 heteroatoms. The fourth-order valence-electron chi connectivity index (χ4n) is 2.91. The zero-order chi connectivity index (χ0) is 11.4. The number of hydrogen-bond acceptors (Lipinski definition) is 0. The minimum atomic E-state index is 0.842. The summed E-state index contributed by atoms with van der Waals surface area (Å²) in [6.45, 7) is 2.43. The van der Waals surface area contributed by atoms with Gasteiger partial charge < -0.3 is 0 Å². The van der Waals surface area contributed by atoms with Crippen molar-refractivity contribution in [3.63, 3.8) is 0 Å². The molecule has 2 rings (SSSR count). The molecule has 0 spiro atoms. The normalized spacial score (nSPS) is 19.6. The van der Waals surface area contributed by atoms with Gasteiger partial charge in [-0.3, -0.25) is 0 Å². The Hall–Kier alpha value is -0.300. The molecule has 88 valence electrons. The maximum absolute atomic E-state index is 3.55. The Morgan fingerprint density at radius 3 is 2.69 bits per heavy atom. The van der Waals surface area contributed by atoms with Crippen molar-refractivity contribution >= 4 is 15.9 Å². The van der Waals surface area contributed by atoms with Gasteiger partial charge in [-0.15, -0.1) is 0 Å². The van der Waals surface area contributed by atoms with E-state index in [2.05, 4.69) is 47.1 Å². The average molecular weight is 281 g/mol. The van der Waals surface area contributed by atoms with E-state index in [0.29, 0.717) is 0 Å². The van der Waals surface area contributed by atoms with Crippen molar-refractivity contribution in [3.05, 3.63) is 34.3 Å². The standard InChI is InChI=1S/C15H21Br/c1-12(14-7-3-2-4-8-14)10-13-6-5-9-15(16)11-13/h5-6,9,11-12,14H,2-4,7-8,10H2,1H3. The Morgan fingerprint density at radius 1 is 1.25 bits per heavy atom. The van der Waals surface area contributed by atoms with Crippen LogP contribution in [0.25, 0.3) is 0 Å². The first kappa shape index (κ1) is 12.2. The van der Waals surface area contributed by atoms with Crippen LogP contribution in [0.15, 0.2) is 28.7 Å². The Kier molecular flexibility index (Phi) is 4.45. The van der Waals surface area contributed by atoms with E-state index in [1.165, 1.54) is 48.6 Å². The quantitative estimate of drug-likeness (QED) is 0.713. The smallest absolute Gasteiger partial charge is 0.0177 e. The molecule has 0 amide bonds. The van der Waals surface area contributed by atoms with E-state index in [1.807, 2.05) is 0 Å². The van der Waals surface area contributed by atoms with Gasteiger partial charge in [0.05, 0.1) is 0 Å². The lowest BCUT2D eigenvalue weighted by Gasteiger charge is -2.27. The molecule has 0 heterocycles. The van der Waals surface area contributed by atoms with Crippen LogP contribution in [0.4, 0.5) is 0 Å². The Labute approximate surface area is 108 Å². The third-order valence-electron chi connectivity index (χ3n) is 3.90. The first-order valence-corrected chi connectivity index (χ1v) is 7.29. The molecule has 1 fully saturated rings. The van der Waals surface area contributed by atoms with Gasteiger partial charge in [0, 0.05) is 4.47 Å². The first-order valence-electron chi connectivity index (χ1n) is 6.50. The van der Waals surface area contributed by atoms with Crippen molar-refractivity contribution in [2.24, 2.45) is 11.8 Å². The van der Waals surface area contributed by atoms with E-state index in [4.69, 9.17) is 0 Å². The maximum atomic E-state index is 3.55. The van der Waals surface area contributed by atoms with Crippen LogP contribution in [-0.2, 0) is 6.42 Å². The summed E-state index contributed by atoms with van der Waals surface area (Å²) in [5.74, 6) is 1.81. The Bertz CT molecular complexity index is 326. The minimum Gasteiger partial charge on any atom is -0.0619 e. The second kappa shape index (κ2) is 5.86. The summed E-state index contributed by atoms with van der Waals surface area (Å²) in [5.41, 5.74) is 1.48. The SMILES string of the molecule is CC(Cc1cccc(Br)c1)C1CCCCC1. The zero-order valence-electron chi connectivity index (χ0n) is 10.1. The molecule has 1 atom stereocenters. The molecule has 0 N–H and O–H groups in total. The van der Waals surface area contributed by atoms with Gasteiger partial charge >= 0.3 is 0 Å². The number of hydrogen-bond donors (Lipinski definition) is 0. The van der Waals surface area contributed by atoms with Gasteiger partial charge in [-0.05, 0) is 36.0 Å². The van der Waals surface area contributed by atoms with Crippen molar-refractivity contribution in [1.29, 1.82) is 0 Å². The molecule has 0 radical (unpaired) electrons. The summed E-state index contributed by atoms with van der Waals surface area (Å²) in [6.07, 6.45) is 8.51. The van der Waals surface area contributed by atoms with Crippen LogP contribution in [0.5, 0.6) is 0 Å². The highest BCUT2D eigenvalue weighted by Crippen LogP contribution is 2.31. The molecular weight excluding hydrogens is 260 g/mol. The van der Waals surface area contributed by atoms with Crippen LogP contribution in [0.3, 0.4) is 0 Å². The highest BCUT2D eigenvalue weighted by atomic mass is 79.9. The topological polar surface area (TPSA) is 0 Å². The van der Waals surface area contributed by atoms with Crippen LogP contribution in [0, 0.1) is 11.8 Å². The summed E-state index contributed by atoms with van der Waals surface area (Å²) in [7, 11) is 0. The molecule has 1 unspecified atom stereocenters. The first-order chi connectivity index (χ1) is 7.75. The van der Waals surface area contributed by atoms with Crippen LogP contribution < -0.4 is 0 Å². The zero-order valence-corrected chi connectivity index (χ0v) is 11.7. The van der Waals surface area contributed by atoms with E-state index in [-0.39, 0.29) is 0 Å². The van der Waals surface area contributed by atoms with Crippen LogP contribution in [0.1, 0.15) is 44.6 Å². The molecule has 1 aliphatic carbocycles. The van der Waals surface area contributed by atoms with Gasteiger partial charge in [0.15, 0.2) is 0 Å². The molecule has 0 aliphatic heterocycles. The molecule has 0 saturated heterocycles. The molecule has 0 bridgehead atoms. The van der Waals surface area contributed by atoms with Crippen LogP contribution >= 0.6 is 15.9 Å². The predicted octanol–water partition coefficient (Wildman–Crippen LogP) is 5.21. The highest BCUT2D eigenvalue weighted by Gasteiger charge is 2.19. The maximum Gasteiger partial charge on any atom is 0.0177 e. The number of rotatable bonds is 3. The van der Waals surface area contributed by atoms with Gasteiger partial charge in [0.1, 0.15) is 0 Å². The molecule has 0 aromatic heterocycles. The third kappa shape index (κ3) is 3.35. The van der Waals surface area contributed by atoms with E-state index in [9.17, 15) is 0 Å². The van der Waals surface area contributed by atoms with E-state index in [0.717, 1.165) is 11.8 Å². The second-order valence-electron chi connectivity index (χ2n) is 5.21. The summed E-state index contributed by atoms with van der Waals surface area (Å²) in [4.78, 5) is 0. The second-order valence-corrected chi connectivity index (χ2v) is 6.13. The molecule has 16 heavy (non-hydrogen) atoms. The molecule has 0 nitrogen and oxygen atoms in total. The lowest BCUT2D eigenvalue weighted by Crippen LogP contribution is -2.17. The van der Waals surface area contributed by atoms with E-state index >= 15 is 0 Å². The molecule has 1 aromatic carbocycles. The number of benzene rings is 1. The van der Waals surface area contributed by atoms with Crippen molar-refractivity contribution < 1.29 is 0 Å². The van der Waals surface area contributed by atoms with E-state index < -0.39 is 0 Å². The van der Waals surface area contributed by atoms with Crippen molar-refractivity contribution in [2.75, 3.05) is 0 Å². The summed E-state index contributed by atoms with van der Waals surface area (Å²) in [5, 5.41) is 0. The van der Waals surface area contributed by atoms with Crippen LogP contribution in [-0.4, -0.2) is 0 Å². The molecular formula is C15H21Br. The highest BCUT2D eigenvalue weighted by molar-refractivity contribution is 9.10. The molecule has 1 saturated carbocycles. The summed E-state index contributed by atoms with van der Waals surface area (Å²) in [6, 6.07) is 8.77. The van der Waals surface area contributed by atoms with Gasteiger partial charge in [-0.1, -0.05) is 67.1 Å².